The number of anilines is 1. The van der Waals surface area contributed by atoms with Crippen molar-refractivity contribution in [2.75, 3.05) is 11.9 Å². The third kappa shape index (κ3) is 3.04. The van der Waals surface area contributed by atoms with E-state index in [0.29, 0.717) is 0 Å². The lowest BCUT2D eigenvalue weighted by molar-refractivity contribution is 0.0997. The molecule has 2 aromatic rings. The zero-order valence-electron chi connectivity index (χ0n) is 11.6. The average Bonchev–Trinajstić information content (AvgIpc) is 2.80. The van der Waals surface area contributed by atoms with Crippen molar-refractivity contribution >= 4 is 22.9 Å². The van der Waals surface area contributed by atoms with Crippen molar-refractivity contribution in [3.05, 3.63) is 51.7 Å². The fraction of sp³-hybridized carbons (Fsp3) is 0.312. The average molecular weight is 273 g/mol. The number of hydrogen-bond acceptors (Lipinski definition) is 2. The van der Waals surface area contributed by atoms with E-state index < -0.39 is 0 Å². The van der Waals surface area contributed by atoms with Crippen molar-refractivity contribution in [2.45, 2.75) is 26.7 Å². The number of para-hydroxylation sites is 1. The van der Waals surface area contributed by atoms with E-state index in [1.165, 1.54) is 10.4 Å². The van der Waals surface area contributed by atoms with Crippen molar-refractivity contribution in [3.8, 4) is 0 Å². The second-order valence-electron chi connectivity index (χ2n) is 4.64. The van der Waals surface area contributed by atoms with E-state index in [0.717, 1.165) is 23.4 Å². The summed E-state index contributed by atoms with van der Waals surface area (Å²) < 4.78 is 0. The molecule has 1 amide bonds. The van der Waals surface area contributed by atoms with Crippen LogP contribution in [-0.4, -0.2) is 13.0 Å². The van der Waals surface area contributed by atoms with Crippen LogP contribution in [0.1, 0.15) is 33.5 Å². The van der Waals surface area contributed by atoms with Crippen molar-refractivity contribution in [1.82, 2.24) is 0 Å². The number of amides is 1. The second kappa shape index (κ2) is 6.02. The van der Waals surface area contributed by atoms with Gasteiger partial charge in [-0.05, 0) is 37.1 Å². The van der Waals surface area contributed by atoms with Gasteiger partial charge >= 0.3 is 0 Å². The van der Waals surface area contributed by atoms with E-state index in [4.69, 9.17) is 0 Å². The van der Waals surface area contributed by atoms with Gasteiger partial charge in [-0.2, -0.15) is 0 Å². The summed E-state index contributed by atoms with van der Waals surface area (Å²) in [6.45, 7) is 4.25. The summed E-state index contributed by atoms with van der Waals surface area (Å²) in [4.78, 5) is 16.2. The molecule has 0 fully saturated rings. The molecule has 2 nitrogen and oxygen atoms in total. The summed E-state index contributed by atoms with van der Waals surface area (Å²) in [5, 5.41) is 0. The number of nitrogens with zero attached hydrogens (tertiary/aromatic N) is 1. The van der Waals surface area contributed by atoms with Gasteiger partial charge < -0.3 is 4.90 Å². The molecule has 0 saturated heterocycles. The smallest absolute Gasteiger partial charge is 0.268 e. The molecule has 3 heteroatoms. The first-order valence-electron chi connectivity index (χ1n) is 6.56. The Hall–Kier alpha value is -1.61. The molecule has 0 unspecified atom stereocenters. The predicted molar refractivity (Wildman–Crippen MR) is 82.2 cm³/mol. The maximum atomic E-state index is 12.5. The first-order chi connectivity index (χ1) is 9.13. The Morgan fingerprint density at radius 1 is 1.26 bits per heavy atom. The molecule has 0 aliphatic carbocycles. The highest BCUT2D eigenvalue weighted by Crippen LogP contribution is 2.25. The lowest BCUT2D eigenvalue weighted by atomic mass is 10.1. The van der Waals surface area contributed by atoms with Gasteiger partial charge in [0.05, 0.1) is 4.88 Å². The molecule has 0 aliphatic heterocycles. The van der Waals surface area contributed by atoms with Gasteiger partial charge in [-0.3, -0.25) is 4.79 Å². The lowest BCUT2D eigenvalue weighted by Gasteiger charge is -2.15. The van der Waals surface area contributed by atoms with Gasteiger partial charge in [-0.25, -0.2) is 0 Å². The first kappa shape index (κ1) is 13.8. The molecule has 0 N–H and O–H groups in total. The number of hydrogen-bond donors (Lipinski definition) is 0. The van der Waals surface area contributed by atoms with Crippen LogP contribution in [-0.2, 0) is 6.42 Å². The van der Waals surface area contributed by atoms with Crippen molar-refractivity contribution in [3.63, 3.8) is 0 Å². The Morgan fingerprint density at radius 3 is 2.58 bits per heavy atom. The summed E-state index contributed by atoms with van der Waals surface area (Å²) in [6, 6.07) is 11.8. The van der Waals surface area contributed by atoms with Crippen LogP contribution in [0.15, 0.2) is 36.4 Å². The number of rotatable bonds is 4. The van der Waals surface area contributed by atoms with Gasteiger partial charge in [0.25, 0.3) is 5.91 Å². The molecule has 1 aromatic carbocycles. The predicted octanol–water partition coefficient (Wildman–Crippen LogP) is 4.29. The van der Waals surface area contributed by atoms with Crippen LogP contribution >= 0.6 is 11.3 Å². The van der Waals surface area contributed by atoms with E-state index in [2.05, 4.69) is 13.8 Å². The van der Waals surface area contributed by atoms with Crippen LogP contribution in [0.5, 0.6) is 0 Å². The number of aryl methyl sites for hydroxylation is 2. The maximum absolute atomic E-state index is 12.5. The number of benzene rings is 1. The Morgan fingerprint density at radius 2 is 1.95 bits per heavy atom. The summed E-state index contributed by atoms with van der Waals surface area (Å²) in [5.41, 5.74) is 2.23. The van der Waals surface area contributed by atoms with Crippen molar-refractivity contribution in [2.24, 2.45) is 0 Å². The van der Waals surface area contributed by atoms with E-state index in [-0.39, 0.29) is 5.91 Å². The molecular weight excluding hydrogens is 254 g/mol. The SMILES string of the molecule is CCCc1cc(C(=O)N(C)c2ccccc2)sc1C. The summed E-state index contributed by atoms with van der Waals surface area (Å²) in [7, 11) is 1.83. The van der Waals surface area contributed by atoms with Crippen LogP contribution in [0.25, 0.3) is 0 Å². The first-order valence-corrected chi connectivity index (χ1v) is 7.37. The third-order valence-electron chi connectivity index (χ3n) is 3.20. The number of carbonyl (C=O) groups excluding carboxylic acids is 1. The van der Waals surface area contributed by atoms with Crippen LogP contribution in [0, 0.1) is 6.92 Å². The van der Waals surface area contributed by atoms with Gasteiger partial charge in [0.1, 0.15) is 0 Å². The molecule has 100 valence electrons. The minimum Gasteiger partial charge on any atom is -0.311 e. The molecule has 0 radical (unpaired) electrons. The molecule has 2 rings (SSSR count). The summed E-state index contributed by atoms with van der Waals surface area (Å²) >= 11 is 1.59. The maximum Gasteiger partial charge on any atom is 0.268 e. The van der Waals surface area contributed by atoms with E-state index in [1.807, 2.05) is 43.4 Å². The topological polar surface area (TPSA) is 20.3 Å². The molecule has 1 aromatic heterocycles. The Bertz CT molecular complexity index is 559. The Labute approximate surface area is 118 Å². The van der Waals surface area contributed by atoms with Crippen LogP contribution in [0.3, 0.4) is 0 Å². The Balaban J connectivity index is 2.22. The molecule has 0 bridgehead atoms. The fourth-order valence-electron chi connectivity index (χ4n) is 2.08. The van der Waals surface area contributed by atoms with Crippen LogP contribution in [0.2, 0.25) is 0 Å². The third-order valence-corrected chi connectivity index (χ3v) is 4.28. The van der Waals surface area contributed by atoms with Gasteiger partial charge in [0, 0.05) is 17.6 Å². The monoisotopic (exact) mass is 273 g/mol. The normalized spacial score (nSPS) is 10.5. The van der Waals surface area contributed by atoms with Crippen molar-refractivity contribution in [1.29, 1.82) is 0 Å². The van der Waals surface area contributed by atoms with Crippen LogP contribution in [0.4, 0.5) is 5.69 Å². The second-order valence-corrected chi connectivity index (χ2v) is 5.90. The molecule has 1 heterocycles. The molecule has 0 atom stereocenters. The van der Waals surface area contributed by atoms with Crippen LogP contribution < -0.4 is 4.90 Å². The Kier molecular flexibility index (Phi) is 4.38. The molecule has 19 heavy (non-hydrogen) atoms. The van der Waals surface area contributed by atoms with E-state index >= 15 is 0 Å². The molecule has 0 spiro atoms. The highest BCUT2D eigenvalue weighted by molar-refractivity contribution is 7.14. The number of carbonyl (C=O) groups is 1. The highest BCUT2D eigenvalue weighted by Gasteiger charge is 2.17. The quantitative estimate of drug-likeness (QED) is 0.814. The standard InChI is InChI=1S/C16H19NOS/c1-4-8-13-11-15(19-12(13)2)16(18)17(3)14-9-6-5-7-10-14/h5-7,9-11H,4,8H2,1-3H3. The molecular formula is C16H19NOS. The molecule has 0 aliphatic rings. The van der Waals surface area contributed by atoms with Gasteiger partial charge in [-0.15, -0.1) is 11.3 Å². The minimum absolute atomic E-state index is 0.0710. The van der Waals surface area contributed by atoms with E-state index in [1.54, 1.807) is 16.2 Å². The zero-order chi connectivity index (χ0) is 13.8. The van der Waals surface area contributed by atoms with Gasteiger partial charge in [-0.1, -0.05) is 31.5 Å². The lowest BCUT2D eigenvalue weighted by Crippen LogP contribution is -2.25. The fourth-order valence-corrected chi connectivity index (χ4v) is 3.12. The van der Waals surface area contributed by atoms with Gasteiger partial charge in [0.15, 0.2) is 0 Å². The highest BCUT2D eigenvalue weighted by atomic mass is 32.1. The molecule has 0 saturated carbocycles. The summed E-state index contributed by atoms with van der Waals surface area (Å²) in [5.74, 6) is 0.0710. The number of thiophene rings is 1. The minimum atomic E-state index is 0.0710. The van der Waals surface area contributed by atoms with Crippen molar-refractivity contribution < 1.29 is 4.79 Å². The van der Waals surface area contributed by atoms with E-state index in [9.17, 15) is 4.79 Å². The summed E-state index contributed by atoms with van der Waals surface area (Å²) in [6.07, 6.45) is 2.16. The largest absolute Gasteiger partial charge is 0.311 e. The van der Waals surface area contributed by atoms with Gasteiger partial charge in [0.2, 0.25) is 0 Å². The zero-order valence-corrected chi connectivity index (χ0v) is 12.5.